The van der Waals surface area contributed by atoms with E-state index in [0.29, 0.717) is 0 Å². The molecule has 0 unspecified atom stereocenters. The molecule has 34 heavy (non-hydrogen) atoms. The molecule has 0 N–H and O–H groups in total. The van der Waals surface area contributed by atoms with Gasteiger partial charge in [-0.1, -0.05) is 193 Å². The molecule has 0 nitrogen and oxygen atoms in total. The van der Waals surface area contributed by atoms with Crippen LogP contribution in [0.2, 0.25) is 6.04 Å². The van der Waals surface area contributed by atoms with Gasteiger partial charge in [0, 0.05) is 0 Å². The summed E-state index contributed by atoms with van der Waals surface area (Å²) in [7, 11) is -1.33. The standard InChI is InChI=1S/C31H64Cl2Si/c1-2-3-4-5-6-7-8-9-10-11-12-13-14-15-16-17-18-19-20-21-22-23-24-25-26-27-28-29-30-31-34(32)33/h34H,2-31H2,1H3. The van der Waals surface area contributed by atoms with Gasteiger partial charge >= 0.3 is 0 Å². The van der Waals surface area contributed by atoms with Crippen molar-refractivity contribution in [3.63, 3.8) is 0 Å². The second-order valence-electron chi connectivity index (χ2n) is 11.1. The summed E-state index contributed by atoms with van der Waals surface area (Å²) in [5.41, 5.74) is 0. The van der Waals surface area contributed by atoms with E-state index in [2.05, 4.69) is 6.92 Å². The zero-order chi connectivity index (χ0) is 24.8. The molecular formula is C31H64Cl2Si. The average molecular weight is 536 g/mol. The summed E-state index contributed by atoms with van der Waals surface area (Å²) < 4.78 is 0. The topological polar surface area (TPSA) is 0 Å². The van der Waals surface area contributed by atoms with Crippen LogP contribution < -0.4 is 0 Å². The van der Waals surface area contributed by atoms with Gasteiger partial charge in [-0.05, 0) is 6.04 Å². The molecule has 0 radical (unpaired) electrons. The monoisotopic (exact) mass is 534 g/mol. The first-order valence-electron chi connectivity index (χ1n) is 16.1. The molecule has 0 spiro atoms. The van der Waals surface area contributed by atoms with Gasteiger partial charge in [-0.2, -0.15) is 22.2 Å². The summed E-state index contributed by atoms with van der Waals surface area (Å²) in [6, 6.07) is 1.10. The molecule has 0 saturated heterocycles. The average Bonchev–Trinajstić information content (AvgIpc) is 2.83. The number of hydrogen-bond donors (Lipinski definition) is 0. The van der Waals surface area contributed by atoms with Crippen LogP contribution >= 0.6 is 22.2 Å². The van der Waals surface area contributed by atoms with Crippen LogP contribution in [-0.4, -0.2) is 7.42 Å². The maximum Gasteiger partial charge on any atom is 0.237 e. The summed E-state index contributed by atoms with van der Waals surface area (Å²) in [6.45, 7) is 2.30. The van der Waals surface area contributed by atoms with Gasteiger partial charge in [-0.15, -0.1) is 0 Å². The predicted octanol–water partition coefficient (Wildman–Crippen LogP) is 13.0. The molecule has 206 valence electrons. The van der Waals surface area contributed by atoms with Gasteiger partial charge in [-0.3, -0.25) is 0 Å². The van der Waals surface area contributed by atoms with Crippen molar-refractivity contribution < 1.29 is 0 Å². The molecule has 0 atom stereocenters. The van der Waals surface area contributed by atoms with E-state index < -0.39 is 7.42 Å². The first-order valence-corrected chi connectivity index (χ1v) is 20.4. The summed E-state index contributed by atoms with van der Waals surface area (Å²) in [6.07, 6.45) is 42.1. The third-order valence-corrected chi connectivity index (χ3v) is 9.68. The Bertz CT molecular complexity index is 348. The lowest BCUT2D eigenvalue weighted by atomic mass is 10.0. The Morgan fingerprint density at radius 1 is 0.294 bits per heavy atom. The first kappa shape index (κ1) is 34.8. The fourth-order valence-electron chi connectivity index (χ4n) is 5.14. The lowest BCUT2D eigenvalue weighted by Gasteiger charge is -2.04. The summed E-state index contributed by atoms with van der Waals surface area (Å²) in [5.74, 6) is 0. The molecule has 0 saturated carbocycles. The molecule has 0 aliphatic carbocycles. The van der Waals surface area contributed by atoms with Crippen molar-refractivity contribution in [1.82, 2.24) is 0 Å². The Hall–Kier alpha value is 0.797. The third kappa shape index (κ3) is 32.8. The van der Waals surface area contributed by atoms with Crippen LogP contribution in [0.15, 0.2) is 0 Å². The molecule has 0 amide bonds. The normalized spacial score (nSPS) is 11.6. The van der Waals surface area contributed by atoms with Crippen molar-refractivity contribution in [2.45, 2.75) is 199 Å². The highest BCUT2D eigenvalue weighted by atomic mass is 35.7. The first-order chi connectivity index (χ1) is 16.8. The molecule has 0 rings (SSSR count). The Kier molecular flexibility index (Phi) is 32.6. The molecule has 0 aromatic carbocycles. The Labute approximate surface area is 228 Å². The van der Waals surface area contributed by atoms with Crippen molar-refractivity contribution in [2.24, 2.45) is 0 Å². The number of halogens is 2. The molecule has 3 heteroatoms. The predicted molar refractivity (Wildman–Crippen MR) is 163 cm³/mol. The highest BCUT2D eigenvalue weighted by Crippen LogP contribution is 2.17. The van der Waals surface area contributed by atoms with E-state index in [-0.39, 0.29) is 0 Å². The zero-order valence-corrected chi connectivity index (χ0v) is 26.2. The molecule has 0 aromatic heterocycles. The molecule has 0 aliphatic rings. The lowest BCUT2D eigenvalue weighted by molar-refractivity contribution is 0.514. The van der Waals surface area contributed by atoms with Crippen molar-refractivity contribution in [3.05, 3.63) is 0 Å². The van der Waals surface area contributed by atoms with Crippen molar-refractivity contribution in [2.75, 3.05) is 0 Å². The Balaban J connectivity index is 3.00. The van der Waals surface area contributed by atoms with Crippen molar-refractivity contribution in [3.8, 4) is 0 Å². The van der Waals surface area contributed by atoms with Crippen molar-refractivity contribution in [1.29, 1.82) is 0 Å². The number of unbranched alkanes of at least 4 members (excludes halogenated alkanes) is 28. The van der Waals surface area contributed by atoms with E-state index in [9.17, 15) is 0 Å². The summed E-state index contributed by atoms with van der Waals surface area (Å²) in [4.78, 5) is 0. The van der Waals surface area contributed by atoms with Gasteiger partial charge in [0.05, 0.1) is 0 Å². The van der Waals surface area contributed by atoms with E-state index in [1.807, 2.05) is 0 Å². The molecular weight excluding hydrogens is 471 g/mol. The maximum atomic E-state index is 5.90. The van der Waals surface area contributed by atoms with Crippen LogP contribution in [0.1, 0.15) is 193 Å². The molecule has 0 fully saturated rings. The number of rotatable bonds is 30. The Morgan fingerprint density at radius 2 is 0.471 bits per heavy atom. The SMILES string of the molecule is CCCCCCCCCCCCCCCCCCCCCCCCCCCCCCC[SiH](Cl)Cl. The quantitative estimate of drug-likeness (QED) is 0.0487. The van der Waals surface area contributed by atoms with Crippen LogP contribution in [0, 0.1) is 0 Å². The van der Waals surface area contributed by atoms with Gasteiger partial charge in [0.25, 0.3) is 0 Å². The number of hydrogen-bond acceptors (Lipinski definition) is 0. The maximum absolute atomic E-state index is 5.90. The van der Waals surface area contributed by atoms with E-state index >= 15 is 0 Å². The zero-order valence-electron chi connectivity index (χ0n) is 23.5. The minimum Gasteiger partial charge on any atom is -0.150 e. The van der Waals surface area contributed by atoms with Gasteiger partial charge < -0.3 is 0 Å². The smallest absolute Gasteiger partial charge is 0.150 e. The van der Waals surface area contributed by atoms with Gasteiger partial charge in [-0.25, -0.2) is 0 Å². The fraction of sp³-hybridized carbons (Fsp3) is 1.00. The van der Waals surface area contributed by atoms with Gasteiger partial charge in [0.1, 0.15) is 0 Å². The van der Waals surface area contributed by atoms with E-state index in [1.165, 1.54) is 186 Å². The fourth-order valence-corrected chi connectivity index (χ4v) is 6.67. The highest BCUT2D eigenvalue weighted by molar-refractivity contribution is 7.33. The molecule has 0 aliphatic heterocycles. The summed E-state index contributed by atoms with van der Waals surface area (Å²) >= 11 is 11.8. The van der Waals surface area contributed by atoms with Crippen LogP contribution in [-0.2, 0) is 0 Å². The van der Waals surface area contributed by atoms with E-state index in [1.54, 1.807) is 0 Å². The largest absolute Gasteiger partial charge is 0.237 e. The highest BCUT2D eigenvalue weighted by Gasteiger charge is 2.00. The Morgan fingerprint density at radius 3 is 0.647 bits per heavy atom. The third-order valence-electron chi connectivity index (χ3n) is 7.53. The second-order valence-corrected chi connectivity index (χ2v) is 16.3. The van der Waals surface area contributed by atoms with Crippen LogP contribution in [0.25, 0.3) is 0 Å². The van der Waals surface area contributed by atoms with Gasteiger partial charge in [0.15, 0.2) is 0 Å². The molecule has 0 heterocycles. The second kappa shape index (κ2) is 31.8. The van der Waals surface area contributed by atoms with Crippen molar-refractivity contribution >= 4 is 29.6 Å². The lowest BCUT2D eigenvalue weighted by Crippen LogP contribution is -1.91. The van der Waals surface area contributed by atoms with Gasteiger partial charge in [0.2, 0.25) is 7.42 Å². The molecule has 0 aromatic rings. The minimum atomic E-state index is -1.33. The summed E-state index contributed by atoms with van der Waals surface area (Å²) in [5, 5.41) is 0. The van der Waals surface area contributed by atoms with Crippen LogP contribution in [0.4, 0.5) is 0 Å². The minimum absolute atomic E-state index is 1.10. The van der Waals surface area contributed by atoms with Crippen LogP contribution in [0.3, 0.4) is 0 Å². The van der Waals surface area contributed by atoms with Crippen LogP contribution in [0.5, 0.6) is 0 Å². The van der Waals surface area contributed by atoms with E-state index in [0.717, 1.165) is 6.04 Å². The van der Waals surface area contributed by atoms with E-state index in [4.69, 9.17) is 22.2 Å². The molecule has 0 bridgehead atoms.